The molecule has 1 aliphatic rings. The van der Waals surface area contributed by atoms with Gasteiger partial charge in [0.25, 0.3) is 5.91 Å². The fraction of sp³-hybridized carbons (Fsp3) is 0.391. The molecule has 0 saturated carbocycles. The van der Waals surface area contributed by atoms with Crippen LogP contribution < -0.4 is 10.6 Å². The van der Waals surface area contributed by atoms with Gasteiger partial charge in [-0.15, -0.1) is 0 Å². The zero-order valence-corrected chi connectivity index (χ0v) is 18.7. The Balaban J connectivity index is 1.58. The Bertz CT molecular complexity index is 1040. The van der Waals surface area contributed by atoms with E-state index in [0.29, 0.717) is 24.6 Å². The van der Waals surface area contributed by atoms with E-state index in [1.54, 1.807) is 0 Å². The number of piperidine rings is 1. The molecule has 7 nitrogen and oxygen atoms in total. The lowest BCUT2D eigenvalue weighted by atomic mass is 10.0. The Labute approximate surface area is 183 Å². The molecular weight excluding hydrogens is 414 g/mol. The van der Waals surface area contributed by atoms with Crippen LogP contribution in [0.5, 0.6) is 0 Å². The van der Waals surface area contributed by atoms with Crippen molar-refractivity contribution in [2.24, 2.45) is 5.92 Å². The molecule has 8 heteroatoms. The van der Waals surface area contributed by atoms with Crippen LogP contribution in [0.25, 0.3) is 0 Å². The lowest BCUT2D eigenvalue weighted by Crippen LogP contribution is -2.39. The van der Waals surface area contributed by atoms with Gasteiger partial charge in [0.15, 0.2) is 0 Å². The van der Waals surface area contributed by atoms with Gasteiger partial charge in [0.2, 0.25) is 15.9 Å². The summed E-state index contributed by atoms with van der Waals surface area (Å²) in [6, 6.07) is 13.3. The maximum absolute atomic E-state index is 12.8. The first kappa shape index (κ1) is 23.0. The van der Waals surface area contributed by atoms with Gasteiger partial charge < -0.3 is 10.6 Å². The minimum Gasteiger partial charge on any atom is -0.343 e. The largest absolute Gasteiger partial charge is 0.343 e. The molecule has 0 radical (unpaired) electrons. The van der Waals surface area contributed by atoms with Crippen LogP contribution in [-0.4, -0.2) is 44.2 Å². The summed E-state index contributed by atoms with van der Waals surface area (Å²) in [7, 11) is -3.57. The Morgan fingerprint density at radius 3 is 2.48 bits per heavy atom. The lowest BCUT2D eigenvalue weighted by Gasteiger charge is -2.30. The van der Waals surface area contributed by atoms with Crippen molar-refractivity contribution in [2.75, 3.05) is 25.0 Å². The first-order valence-electron chi connectivity index (χ1n) is 10.6. The molecule has 1 atom stereocenters. The van der Waals surface area contributed by atoms with Gasteiger partial charge >= 0.3 is 0 Å². The van der Waals surface area contributed by atoms with Gasteiger partial charge in [0.1, 0.15) is 0 Å². The topological polar surface area (TPSA) is 95.6 Å². The summed E-state index contributed by atoms with van der Waals surface area (Å²) in [5.41, 5.74) is 2.04. The van der Waals surface area contributed by atoms with E-state index in [9.17, 15) is 18.0 Å². The number of para-hydroxylation sites is 1. The fourth-order valence-electron chi connectivity index (χ4n) is 3.70. The molecule has 0 unspecified atom stereocenters. The number of nitrogens with zero attached hydrogens (tertiary/aromatic N) is 1. The van der Waals surface area contributed by atoms with Crippen LogP contribution >= 0.6 is 0 Å². The highest BCUT2D eigenvalue weighted by molar-refractivity contribution is 7.89. The number of anilines is 1. The van der Waals surface area contributed by atoms with E-state index in [2.05, 4.69) is 10.6 Å². The molecule has 0 bridgehead atoms. The first-order chi connectivity index (χ1) is 14.8. The highest BCUT2D eigenvalue weighted by Crippen LogP contribution is 2.23. The molecule has 3 rings (SSSR count). The molecule has 31 heavy (non-hydrogen) atoms. The maximum Gasteiger partial charge on any atom is 0.251 e. The van der Waals surface area contributed by atoms with Crippen molar-refractivity contribution in [3.8, 4) is 0 Å². The van der Waals surface area contributed by atoms with Crippen LogP contribution in [-0.2, 0) is 21.2 Å². The fourth-order valence-corrected chi connectivity index (χ4v) is 5.30. The second-order valence-corrected chi connectivity index (χ2v) is 9.81. The summed E-state index contributed by atoms with van der Waals surface area (Å²) in [6.45, 7) is 4.91. The minimum absolute atomic E-state index is 0.173. The number of hydrogen-bond donors (Lipinski definition) is 2. The normalized spacial score (nSPS) is 17.2. The predicted molar refractivity (Wildman–Crippen MR) is 120 cm³/mol. The van der Waals surface area contributed by atoms with Crippen LogP contribution in [0.3, 0.4) is 0 Å². The smallest absolute Gasteiger partial charge is 0.251 e. The van der Waals surface area contributed by atoms with Crippen molar-refractivity contribution < 1.29 is 18.0 Å². The number of nitrogens with one attached hydrogen (secondary N) is 2. The highest BCUT2D eigenvalue weighted by Gasteiger charge is 2.28. The average Bonchev–Trinajstić information content (AvgIpc) is 2.78. The van der Waals surface area contributed by atoms with Crippen molar-refractivity contribution >= 4 is 27.5 Å². The molecule has 1 aliphatic heterocycles. The van der Waals surface area contributed by atoms with E-state index < -0.39 is 15.9 Å². The minimum atomic E-state index is -3.57. The summed E-state index contributed by atoms with van der Waals surface area (Å²) >= 11 is 0. The SMILES string of the molecule is CCc1ccccc1NC(=O)CNC(=O)c1ccc(S(=O)(=O)N2CCC[C@H](C)C2)cc1. The van der Waals surface area contributed by atoms with Crippen molar-refractivity contribution in [2.45, 2.75) is 38.0 Å². The molecule has 0 aromatic heterocycles. The summed E-state index contributed by atoms with van der Waals surface area (Å²) in [4.78, 5) is 24.7. The summed E-state index contributed by atoms with van der Waals surface area (Å²) < 4.78 is 27.2. The number of benzene rings is 2. The summed E-state index contributed by atoms with van der Waals surface area (Å²) in [5, 5.41) is 5.37. The molecular formula is C23H29N3O4S. The standard InChI is InChI=1S/C23H29N3O4S/c1-3-18-8-4-5-9-21(18)25-22(27)15-24-23(28)19-10-12-20(13-11-19)31(29,30)26-14-6-7-17(2)16-26/h4-5,8-13,17H,3,6-7,14-16H2,1-2H3,(H,24,28)(H,25,27)/t17-/m0/s1. The molecule has 2 amide bonds. The summed E-state index contributed by atoms with van der Waals surface area (Å²) in [6.07, 6.45) is 2.67. The number of rotatable bonds is 7. The third kappa shape index (κ3) is 5.71. The summed E-state index contributed by atoms with van der Waals surface area (Å²) in [5.74, 6) is -0.425. The maximum atomic E-state index is 12.8. The predicted octanol–water partition coefficient (Wildman–Crippen LogP) is 3.04. The van der Waals surface area contributed by atoms with E-state index in [1.807, 2.05) is 38.1 Å². The van der Waals surface area contributed by atoms with Crippen molar-refractivity contribution in [1.29, 1.82) is 0 Å². The Hall–Kier alpha value is -2.71. The van der Waals surface area contributed by atoms with Crippen LogP contribution in [0.1, 0.15) is 42.6 Å². The second-order valence-electron chi connectivity index (χ2n) is 7.88. The van der Waals surface area contributed by atoms with Gasteiger partial charge in [-0.25, -0.2) is 8.42 Å². The average molecular weight is 444 g/mol. The number of hydrogen-bond acceptors (Lipinski definition) is 4. The van der Waals surface area contributed by atoms with Crippen LogP contribution in [0.2, 0.25) is 0 Å². The van der Waals surface area contributed by atoms with E-state index in [4.69, 9.17) is 0 Å². The quantitative estimate of drug-likeness (QED) is 0.688. The van der Waals surface area contributed by atoms with Gasteiger partial charge in [-0.3, -0.25) is 9.59 Å². The molecule has 2 aromatic carbocycles. The van der Waals surface area contributed by atoms with Crippen LogP contribution in [0, 0.1) is 5.92 Å². The molecule has 1 heterocycles. The number of carbonyl (C=O) groups excluding carboxylic acids is 2. The second kappa shape index (κ2) is 10.1. The van der Waals surface area contributed by atoms with E-state index >= 15 is 0 Å². The van der Waals surface area contributed by atoms with Gasteiger partial charge in [0, 0.05) is 24.3 Å². The monoisotopic (exact) mass is 443 g/mol. The third-order valence-electron chi connectivity index (χ3n) is 5.46. The highest BCUT2D eigenvalue weighted by atomic mass is 32.2. The van der Waals surface area contributed by atoms with E-state index in [1.165, 1.54) is 28.6 Å². The number of sulfonamides is 1. The molecule has 1 fully saturated rings. The zero-order chi connectivity index (χ0) is 22.4. The van der Waals surface area contributed by atoms with Gasteiger partial charge in [-0.1, -0.05) is 32.0 Å². The molecule has 0 spiro atoms. The Morgan fingerprint density at radius 2 is 1.81 bits per heavy atom. The number of aryl methyl sites for hydroxylation is 1. The molecule has 1 saturated heterocycles. The zero-order valence-electron chi connectivity index (χ0n) is 17.9. The van der Waals surface area contributed by atoms with E-state index in [0.717, 1.165) is 30.5 Å². The van der Waals surface area contributed by atoms with Crippen LogP contribution in [0.4, 0.5) is 5.69 Å². The van der Waals surface area contributed by atoms with Crippen LogP contribution in [0.15, 0.2) is 53.4 Å². The number of amides is 2. The Kier molecular flexibility index (Phi) is 7.46. The molecule has 166 valence electrons. The number of carbonyl (C=O) groups is 2. The molecule has 2 N–H and O–H groups in total. The van der Waals surface area contributed by atoms with E-state index in [-0.39, 0.29) is 17.3 Å². The van der Waals surface area contributed by atoms with Gasteiger partial charge in [-0.05, 0) is 61.1 Å². The Morgan fingerprint density at radius 1 is 1.10 bits per heavy atom. The molecule has 0 aliphatic carbocycles. The lowest BCUT2D eigenvalue weighted by molar-refractivity contribution is -0.115. The first-order valence-corrected chi connectivity index (χ1v) is 12.0. The van der Waals surface area contributed by atoms with Crippen molar-refractivity contribution in [3.63, 3.8) is 0 Å². The molecule has 2 aromatic rings. The van der Waals surface area contributed by atoms with Crippen molar-refractivity contribution in [1.82, 2.24) is 9.62 Å². The third-order valence-corrected chi connectivity index (χ3v) is 7.34. The van der Waals surface area contributed by atoms with Gasteiger partial charge in [-0.2, -0.15) is 4.31 Å². The van der Waals surface area contributed by atoms with Crippen molar-refractivity contribution in [3.05, 3.63) is 59.7 Å². The van der Waals surface area contributed by atoms with Gasteiger partial charge in [0.05, 0.1) is 11.4 Å².